The molecule has 0 aliphatic carbocycles. The lowest BCUT2D eigenvalue weighted by Gasteiger charge is -2.06. The number of hydrogen-bond donors (Lipinski definition) is 0. The molecule has 0 unspecified atom stereocenters. The second-order valence-electron chi connectivity index (χ2n) is 4.75. The van der Waals surface area contributed by atoms with E-state index in [9.17, 15) is 0 Å². The zero-order chi connectivity index (χ0) is 12.8. The Hall–Kier alpha value is -1.51. The van der Waals surface area contributed by atoms with E-state index in [2.05, 4.69) is 11.9 Å². The van der Waals surface area contributed by atoms with Crippen LogP contribution in [0.4, 0.5) is 0 Å². The molecule has 2 aromatic rings. The summed E-state index contributed by atoms with van der Waals surface area (Å²) >= 11 is 0. The van der Waals surface area contributed by atoms with E-state index in [4.69, 9.17) is 4.74 Å². The van der Waals surface area contributed by atoms with Gasteiger partial charge >= 0.3 is 0 Å². The smallest absolute Gasteiger partial charge is 0.179 e. The fraction of sp³-hybridized carbons (Fsp3) is 0.533. The van der Waals surface area contributed by atoms with Crippen LogP contribution >= 0.6 is 0 Å². The van der Waals surface area contributed by atoms with Crippen molar-refractivity contribution in [1.82, 2.24) is 9.38 Å². The molecule has 0 saturated heterocycles. The molecule has 0 saturated carbocycles. The number of nitrogens with zero attached hydrogens (tertiary/aromatic N) is 2. The van der Waals surface area contributed by atoms with E-state index >= 15 is 0 Å². The molecule has 98 valence electrons. The van der Waals surface area contributed by atoms with Gasteiger partial charge in [-0.15, -0.1) is 0 Å². The molecule has 0 spiro atoms. The SMILES string of the molecule is CCCCCCCOc1cccn2cc(C)nc12. The monoisotopic (exact) mass is 246 g/mol. The van der Waals surface area contributed by atoms with Gasteiger partial charge in [0.1, 0.15) is 0 Å². The van der Waals surface area contributed by atoms with Crippen LogP contribution in [0.2, 0.25) is 0 Å². The normalized spacial score (nSPS) is 11.0. The highest BCUT2D eigenvalue weighted by atomic mass is 16.5. The zero-order valence-corrected chi connectivity index (χ0v) is 11.4. The molecule has 0 atom stereocenters. The molecule has 0 aliphatic rings. The molecule has 2 aromatic heterocycles. The van der Waals surface area contributed by atoms with Gasteiger partial charge in [0, 0.05) is 12.4 Å². The Balaban J connectivity index is 1.87. The van der Waals surface area contributed by atoms with Gasteiger partial charge in [-0.2, -0.15) is 0 Å². The Bertz CT molecular complexity index is 490. The van der Waals surface area contributed by atoms with Crippen LogP contribution in [-0.2, 0) is 0 Å². The summed E-state index contributed by atoms with van der Waals surface area (Å²) < 4.78 is 7.85. The number of imidazole rings is 1. The zero-order valence-electron chi connectivity index (χ0n) is 11.4. The first-order chi connectivity index (χ1) is 8.81. The van der Waals surface area contributed by atoms with Gasteiger partial charge in [-0.1, -0.05) is 32.6 Å². The molecule has 18 heavy (non-hydrogen) atoms. The number of unbranched alkanes of at least 4 members (excludes halogenated alkanes) is 4. The summed E-state index contributed by atoms with van der Waals surface area (Å²) in [6.07, 6.45) is 10.3. The number of aryl methyl sites for hydroxylation is 1. The largest absolute Gasteiger partial charge is 0.490 e. The molecule has 0 radical (unpaired) electrons. The van der Waals surface area contributed by atoms with Crippen molar-refractivity contribution in [3.05, 3.63) is 30.2 Å². The molecule has 0 N–H and O–H groups in total. The maximum atomic E-state index is 5.83. The summed E-state index contributed by atoms with van der Waals surface area (Å²) in [6.45, 7) is 5.02. The number of hydrogen-bond acceptors (Lipinski definition) is 2. The quantitative estimate of drug-likeness (QED) is 0.690. The predicted molar refractivity (Wildman–Crippen MR) is 74.2 cm³/mol. The van der Waals surface area contributed by atoms with E-state index < -0.39 is 0 Å². The minimum Gasteiger partial charge on any atom is -0.490 e. The van der Waals surface area contributed by atoms with E-state index in [1.165, 1.54) is 25.7 Å². The third-order valence-electron chi connectivity index (χ3n) is 3.07. The molecule has 0 aliphatic heterocycles. The highest BCUT2D eigenvalue weighted by Gasteiger charge is 2.04. The molecule has 0 fully saturated rings. The van der Waals surface area contributed by atoms with Crippen molar-refractivity contribution >= 4 is 5.65 Å². The third kappa shape index (κ3) is 3.25. The number of pyridine rings is 1. The highest BCUT2D eigenvalue weighted by Crippen LogP contribution is 2.19. The second kappa shape index (κ2) is 6.43. The van der Waals surface area contributed by atoms with Crippen LogP contribution in [-0.4, -0.2) is 16.0 Å². The van der Waals surface area contributed by atoms with E-state index in [0.29, 0.717) is 0 Å². The van der Waals surface area contributed by atoms with Gasteiger partial charge in [-0.25, -0.2) is 4.98 Å². The maximum absolute atomic E-state index is 5.83. The summed E-state index contributed by atoms with van der Waals surface area (Å²) in [5.74, 6) is 0.890. The number of ether oxygens (including phenoxy) is 1. The number of fused-ring (bicyclic) bond motifs is 1. The average Bonchev–Trinajstić information content (AvgIpc) is 2.74. The molecule has 0 amide bonds. The third-order valence-corrected chi connectivity index (χ3v) is 3.07. The Labute approximate surface area is 109 Å². The molecular weight excluding hydrogens is 224 g/mol. The Morgan fingerprint density at radius 2 is 2.06 bits per heavy atom. The molecule has 2 rings (SSSR count). The van der Waals surface area contributed by atoms with Crippen LogP contribution in [0.15, 0.2) is 24.5 Å². The lowest BCUT2D eigenvalue weighted by atomic mass is 10.2. The van der Waals surface area contributed by atoms with Crippen LogP contribution in [0.25, 0.3) is 5.65 Å². The Morgan fingerprint density at radius 3 is 2.89 bits per heavy atom. The van der Waals surface area contributed by atoms with Gasteiger partial charge in [-0.3, -0.25) is 0 Å². The van der Waals surface area contributed by atoms with Crippen molar-refractivity contribution in [2.75, 3.05) is 6.61 Å². The fourth-order valence-electron chi connectivity index (χ4n) is 2.11. The first-order valence-electron chi connectivity index (χ1n) is 6.88. The van der Waals surface area contributed by atoms with Gasteiger partial charge in [0.25, 0.3) is 0 Å². The minimum absolute atomic E-state index is 0.787. The predicted octanol–water partition coefficient (Wildman–Crippen LogP) is 3.99. The standard InChI is InChI=1S/C15H22N2O/c1-3-4-5-6-7-11-18-14-9-8-10-17-12-13(2)16-15(14)17/h8-10,12H,3-7,11H2,1-2H3. The second-order valence-corrected chi connectivity index (χ2v) is 4.75. The lowest BCUT2D eigenvalue weighted by molar-refractivity contribution is 0.306. The lowest BCUT2D eigenvalue weighted by Crippen LogP contribution is -1.99. The van der Waals surface area contributed by atoms with E-state index in [0.717, 1.165) is 30.1 Å². The van der Waals surface area contributed by atoms with Gasteiger partial charge in [0.2, 0.25) is 0 Å². The van der Waals surface area contributed by atoms with Crippen molar-refractivity contribution in [3.8, 4) is 5.75 Å². The molecule has 0 aromatic carbocycles. The molecule has 3 nitrogen and oxygen atoms in total. The van der Waals surface area contributed by atoms with Crippen molar-refractivity contribution in [3.63, 3.8) is 0 Å². The van der Waals surface area contributed by atoms with Crippen molar-refractivity contribution in [1.29, 1.82) is 0 Å². The maximum Gasteiger partial charge on any atom is 0.179 e. The van der Waals surface area contributed by atoms with Crippen molar-refractivity contribution in [2.24, 2.45) is 0 Å². The summed E-state index contributed by atoms with van der Waals surface area (Å²) in [5.41, 5.74) is 1.94. The van der Waals surface area contributed by atoms with E-state index in [-0.39, 0.29) is 0 Å². The topological polar surface area (TPSA) is 26.5 Å². The van der Waals surface area contributed by atoms with Crippen LogP contribution < -0.4 is 4.74 Å². The summed E-state index contributed by atoms with van der Waals surface area (Å²) in [5, 5.41) is 0. The van der Waals surface area contributed by atoms with Crippen molar-refractivity contribution < 1.29 is 4.74 Å². The van der Waals surface area contributed by atoms with Crippen LogP contribution in [0.5, 0.6) is 5.75 Å². The number of rotatable bonds is 7. The van der Waals surface area contributed by atoms with E-state index in [1.54, 1.807) is 0 Å². The molecular formula is C15H22N2O. The molecule has 0 bridgehead atoms. The van der Waals surface area contributed by atoms with Crippen LogP contribution in [0.3, 0.4) is 0 Å². The van der Waals surface area contributed by atoms with Gasteiger partial charge in [0.15, 0.2) is 11.4 Å². The Kier molecular flexibility index (Phi) is 4.62. The summed E-state index contributed by atoms with van der Waals surface area (Å²) in [4.78, 5) is 4.48. The summed E-state index contributed by atoms with van der Waals surface area (Å²) in [7, 11) is 0. The fourth-order valence-corrected chi connectivity index (χ4v) is 2.11. The Morgan fingerprint density at radius 1 is 1.22 bits per heavy atom. The molecule has 2 heterocycles. The minimum atomic E-state index is 0.787. The summed E-state index contributed by atoms with van der Waals surface area (Å²) in [6, 6.07) is 3.99. The van der Waals surface area contributed by atoms with Gasteiger partial charge in [0.05, 0.1) is 12.3 Å². The van der Waals surface area contributed by atoms with Crippen LogP contribution in [0.1, 0.15) is 44.7 Å². The first-order valence-corrected chi connectivity index (χ1v) is 6.88. The highest BCUT2D eigenvalue weighted by molar-refractivity contribution is 5.54. The van der Waals surface area contributed by atoms with Gasteiger partial charge < -0.3 is 9.14 Å². The van der Waals surface area contributed by atoms with Gasteiger partial charge in [-0.05, 0) is 25.5 Å². The average molecular weight is 246 g/mol. The van der Waals surface area contributed by atoms with Crippen LogP contribution in [0, 0.1) is 6.92 Å². The van der Waals surface area contributed by atoms with Crippen molar-refractivity contribution in [2.45, 2.75) is 46.0 Å². The van der Waals surface area contributed by atoms with E-state index in [1.807, 2.05) is 35.9 Å². The molecule has 3 heteroatoms. The number of aromatic nitrogens is 2. The first kappa shape index (κ1) is 12.9.